The average molecular weight is 288 g/mol. The standard InChI is InChI=1S/C16H24N4O/c1-10-14(9-17-20(10)2)18-15(21)19-16-6-11-3-12(7-16)5-13(4-11)8-16/h9,11-13H,3-8H2,1-2H3,(H2,18,19,21). The van der Waals surface area contributed by atoms with E-state index in [9.17, 15) is 4.79 Å². The molecule has 4 aliphatic rings. The highest BCUT2D eigenvalue weighted by Gasteiger charge is 2.51. The van der Waals surface area contributed by atoms with Crippen LogP contribution in [0.1, 0.15) is 44.2 Å². The van der Waals surface area contributed by atoms with Crippen molar-refractivity contribution in [2.45, 2.75) is 51.0 Å². The molecule has 0 atom stereocenters. The van der Waals surface area contributed by atoms with E-state index in [0.29, 0.717) is 0 Å². The minimum absolute atomic E-state index is 0.0620. The first-order chi connectivity index (χ1) is 10.0. The number of anilines is 1. The Morgan fingerprint density at radius 2 is 1.81 bits per heavy atom. The summed E-state index contributed by atoms with van der Waals surface area (Å²) in [6.07, 6.45) is 9.43. The summed E-state index contributed by atoms with van der Waals surface area (Å²) in [5, 5.41) is 10.5. The first-order valence-corrected chi connectivity index (χ1v) is 8.11. The molecule has 5 nitrogen and oxygen atoms in total. The Kier molecular flexibility index (Phi) is 2.81. The van der Waals surface area contributed by atoms with Crippen molar-refractivity contribution in [2.24, 2.45) is 24.8 Å². The Morgan fingerprint density at radius 1 is 1.24 bits per heavy atom. The van der Waals surface area contributed by atoms with Crippen molar-refractivity contribution in [2.75, 3.05) is 5.32 Å². The van der Waals surface area contributed by atoms with Crippen molar-refractivity contribution in [1.82, 2.24) is 15.1 Å². The molecule has 5 heteroatoms. The van der Waals surface area contributed by atoms with Crippen molar-refractivity contribution in [3.8, 4) is 0 Å². The highest BCUT2D eigenvalue weighted by Crippen LogP contribution is 2.55. The van der Waals surface area contributed by atoms with Gasteiger partial charge < -0.3 is 10.6 Å². The van der Waals surface area contributed by atoms with E-state index < -0.39 is 0 Å². The molecule has 114 valence electrons. The summed E-state index contributed by atoms with van der Waals surface area (Å²) in [7, 11) is 1.89. The predicted octanol–water partition coefficient (Wildman–Crippen LogP) is 2.82. The van der Waals surface area contributed by atoms with E-state index in [1.807, 2.05) is 14.0 Å². The van der Waals surface area contributed by atoms with Crippen LogP contribution in [0.4, 0.5) is 10.5 Å². The van der Waals surface area contributed by atoms with Crippen LogP contribution in [0.15, 0.2) is 6.20 Å². The third-order valence-corrected chi connectivity index (χ3v) is 5.90. The Hall–Kier alpha value is -1.52. The quantitative estimate of drug-likeness (QED) is 0.879. The lowest BCUT2D eigenvalue weighted by Crippen LogP contribution is -2.60. The zero-order valence-electron chi connectivity index (χ0n) is 12.9. The number of carbonyl (C=O) groups is 1. The molecule has 21 heavy (non-hydrogen) atoms. The Morgan fingerprint density at radius 3 is 2.29 bits per heavy atom. The molecule has 0 unspecified atom stereocenters. The maximum Gasteiger partial charge on any atom is 0.319 e. The molecule has 0 spiro atoms. The van der Waals surface area contributed by atoms with Crippen molar-refractivity contribution in [1.29, 1.82) is 0 Å². The zero-order chi connectivity index (χ0) is 14.6. The predicted molar refractivity (Wildman–Crippen MR) is 81.0 cm³/mol. The molecule has 0 aliphatic heterocycles. The molecular weight excluding hydrogens is 264 g/mol. The fourth-order valence-corrected chi connectivity index (χ4v) is 5.28. The lowest BCUT2D eigenvalue weighted by atomic mass is 9.53. The van der Waals surface area contributed by atoms with Crippen LogP contribution < -0.4 is 10.6 Å². The fourth-order valence-electron chi connectivity index (χ4n) is 5.28. The molecule has 0 radical (unpaired) electrons. The van der Waals surface area contributed by atoms with Gasteiger partial charge in [-0.05, 0) is 63.2 Å². The molecule has 0 saturated heterocycles. The van der Waals surface area contributed by atoms with E-state index >= 15 is 0 Å². The first kappa shape index (κ1) is 13.2. The number of urea groups is 1. The van der Waals surface area contributed by atoms with Crippen LogP contribution in [0.25, 0.3) is 0 Å². The van der Waals surface area contributed by atoms with Gasteiger partial charge in [0.2, 0.25) is 0 Å². The molecule has 4 bridgehead atoms. The molecule has 4 aliphatic carbocycles. The summed E-state index contributed by atoms with van der Waals surface area (Å²) in [5.74, 6) is 2.53. The topological polar surface area (TPSA) is 59.0 Å². The van der Waals surface area contributed by atoms with Gasteiger partial charge in [0.1, 0.15) is 0 Å². The smallest absolute Gasteiger partial charge is 0.319 e. The van der Waals surface area contributed by atoms with Crippen LogP contribution >= 0.6 is 0 Å². The number of nitrogens with one attached hydrogen (secondary N) is 2. The monoisotopic (exact) mass is 288 g/mol. The Balaban J connectivity index is 1.46. The third-order valence-electron chi connectivity index (χ3n) is 5.90. The van der Waals surface area contributed by atoms with Crippen LogP contribution in [0.5, 0.6) is 0 Å². The number of hydrogen-bond donors (Lipinski definition) is 2. The third kappa shape index (κ3) is 2.23. The van der Waals surface area contributed by atoms with E-state index in [1.165, 1.54) is 38.5 Å². The molecule has 1 heterocycles. The van der Waals surface area contributed by atoms with Crippen molar-refractivity contribution < 1.29 is 4.79 Å². The minimum Gasteiger partial charge on any atom is -0.332 e. The molecule has 0 aromatic carbocycles. The van der Waals surface area contributed by atoms with Gasteiger partial charge in [-0.15, -0.1) is 0 Å². The van der Waals surface area contributed by atoms with E-state index in [-0.39, 0.29) is 11.6 Å². The molecule has 2 N–H and O–H groups in total. The summed E-state index contributed by atoms with van der Waals surface area (Å²) >= 11 is 0. The van der Waals surface area contributed by atoms with Gasteiger partial charge in [0.15, 0.2) is 0 Å². The maximum absolute atomic E-state index is 12.4. The molecule has 2 amide bonds. The molecule has 1 aromatic heterocycles. The largest absolute Gasteiger partial charge is 0.332 e. The van der Waals surface area contributed by atoms with Gasteiger partial charge in [0.05, 0.1) is 17.6 Å². The highest BCUT2D eigenvalue weighted by atomic mass is 16.2. The number of aromatic nitrogens is 2. The molecular formula is C16H24N4O. The van der Waals surface area contributed by atoms with Crippen molar-refractivity contribution >= 4 is 11.7 Å². The second-order valence-electron chi connectivity index (χ2n) is 7.54. The molecule has 4 fully saturated rings. The summed E-state index contributed by atoms with van der Waals surface area (Å²) < 4.78 is 1.78. The lowest BCUT2D eigenvalue weighted by Gasteiger charge is -2.56. The van der Waals surface area contributed by atoms with Crippen LogP contribution in [0, 0.1) is 24.7 Å². The normalized spacial score (nSPS) is 36.8. The lowest BCUT2D eigenvalue weighted by molar-refractivity contribution is -0.0127. The van der Waals surface area contributed by atoms with Gasteiger partial charge in [0.25, 0.3) is 0 Å². The van der Waals surface area contributed by atoms with E-state index in [2.05, 4.69) is 15.7 Å². The SMILES string of the molecule is Cc1c(NC(=O)NC23CC4CC(CC(C4)C2)C3)cnn1C. The van der Waals surface area contributed by atoms with Gasteiger partial charge in [-0.2, -0.15) is 5.10 Å². The number of amides is 2. The zero-order valence-corrected chi connectivity index (χ0v) is 12.9. The van der Waals surface area contributed by atoms with Crippen molar-refractivity contribution in [3.63, 3.8) is 0 Å². The Labute approximate surface area is 125 Å². The van der Waals surface area contributed by atoms with E-state index in [4.69, 9.17) is 0 Å². The summed E-state index contributed by atoms with van der Waals surface area (Å²) in [4.78, 5) is 12.4. The summed E-state index contributed by atoms with van der Waals surface area (Å²) in [6, 6.07) is -0.0620. The van der Waals surface area contributed by atoms with Gasteiger partial charge in [-0.1, -0.05) is 0 Å². The number of rotatable bonds is 2. The second-order valence-corrected chi connectivity index (χ2v) is 7.54. The van der Waals surface area contributed by atoms with Gasteiger partial charge in [-0.3, -0.25) is 4.68 Å². The average Bonchev–Trinajstić information content (AvgIpc) is 2.68. The van der Waals surface area contributed by atoms with Gasteiger partial charge in [0, 0.05) is 12.6 Å². The molecule has 5 rings (SSSR count). The number of hydrogen-bond acceptors (Lipinski definition) is 2. The Bertz CT molecular complexity index is 542. The van der Waals surface area contributed by atoms with Crippen LogP contribution in [-0.4, -0.2) is 21.4 Å². The number of nitrogens with zero attached hydrogens (tertiary/aromatic N) is 2. The fraction of sp³-hybridized carbons (Fsp3) is 0.750. The second kappa shape index (κ2) is 4.49. The highest BCUT2D eigenvalue weighted by molar-refractivity contribution is 5.90. The number of carbonyl (C=O) groups excluding carboxylic acids is 1. The summed E-state index contributed by atoms with van der Waals surface area (Å²) in [6.45, 7) is 1.97. The van der Waals surface area contributed by atoms with E-state index in [0.717, 1.165) is 29.1 Å². The molecule has 1 aromatic rings. The first-order valence-electron chi connectivity index (χ1n) is 8.11. The van der Waals surface area contributed by atoms with Gasteiger partial charge >= 0.3 is 6.03 Å². The maximum atomic E-state index is 12.4. The van der Waals surface area contributed by atoms with Crippen LogP contribution in [0.3, 0.4) is 0 Å². The van der Waals surface area contributed by atoms with Crippen LogP contribution in [-0.2, 0) is 7.05 Å². The summed E-state index contributed by atoms with van der Waals surface area (Å²) in [5.41, 5.74) is 1.85. The molecule has 4 saturated carbocycles. The number of aryl methyl sites for hydroxylation is 1. The van der Waals surface area contributed by atoms with Crippen LogP contribution in [0.2, 0.25) is 0 Å². The van der Waals surface area contributed by atoms with Crippen molar-refractivity contribution in [3.05, 3.63) is 11.9 Å². The van der Waals surface area contributed by atoms with Gasteiger partial charge in [-0.25, -0.2) is 4.79 Å². The van der Waals surface area contributed by atoms with E-state index in [1.54, 1.807) is 10.9 Å². The minimum atomic E-state index is -0.0620.